The Kier molecular flexibility index (Phi) is 2.88. The molecule has 0 saturated heterocycles. The molecule has 0 saturated carbocycles. The third-order valence-corrected chi connectivity index (χ3v) is 2.66. The second-order valence-electron chi connectivity index (χ2n) is 5.15. The van der Waals surface area contributed by atoms with E-state index in [0.29, 0.717) is 6.54 Å². The molecule has 0 fully saturated rings. The molecule has 17 heavy (non-hydrogen) atoms. The standard InChI is InChI=1S/C13H17N3O/c1-13(2,3)12(17)16-8-9-7-15-11-10(9)5-4-6-14-11/h4-7H,8H2,1-3H3,(H,14,15)(H,16,17). The van der Waals surface area contributed by atoms with Crippen LogP contribution in [0.25, 0.3) is 11.0 Å². The number of amides is 1. The number of nitrogens with one attached hydrogen (secondary N) is 2. The van der Waals surface area contributed by atoms with Gasteiger partial charge in [0.1, 0.15) is 5.65 Å². The van der Waals surface area contributed by atoms with Crippen molar-refractivity contribution in [2.45, 2.75) is 27.3 Å². The number of aromatic nitrogens is 2. The van der Waals surface area contributed by atoms with Gasteiger partial charge in [-0.25, -0.2) is 4.98 Å². The first-order chi connectivity index (χ1) is 7.98. The van der Waals surface area contributed by atoms with Crippen LogP contribution in [0.1, 0.15) is 26.3 Å². The molecule has 2 heterocycles. The summed E-state index contributed by atoms with van der Waals surface area (Å²) in [6, 6.07) is 3.89. The third kappa shape index (κ3) is 2.46. The molecule has 2 N–H and O–H groups in total. The minimum Gasteiger partial charge on any atom is -0.351 e. The summed E-state index contributed by atoms with van der Waals surface area (Å²) in [4.78, 5) is 19.1. The van der Waals surface area contributed by atoms with Crippen molar-refractivity contribution in [3.05, 3.63) is 30.1 Å². The second kappa shape index (κ2) is 4.20. The van der Waals surface area contributed by atoms with Crippen LogP contribution in [0.4, 0.5) is 0 Å². The van der Waals surface area contributed by atoms with Crippen molar-refractivity contribution in [2.75, 3.05) is 0 Å². The van der Waals surface area contributed by atoms with E-state index in [4.69, 9.17) is 0 Å². The van der Waals surface area contributed by atoms with Crippen molar-refractivity contribution in [1.29, 1.82) is 0 Å². The van der Waals surface area contributed by atoms with E-state index in [-0.39, 0.29) is 11.3 Å². The van der Waals surface area contributed by atoms with Crippen LogP contribution in [-0.2, 0) is 11.3 Å². The molecule has 4 nitrogen and oxygen atoms in total. The third-order valence-electron chi connectivity index (χ3n) is 2.66. The zero-order valence-electron chi connectivity index (χ0n) is 10.4. The van der Waals surface area contributed by atoms with E-state index in [0.717, 1.165) is 16.6 Å². The molecule has 0 atom stereocenters. The predicted molar refractivity (Wildman–Crippen MR) is 67.4 cm³/mol. The van der Waals surface area contributed by atoms with Gasteiger partial charge in [0.25, 0.3) is 0 Å². The maximum atomic E-state index is 11.8. The molecule has 0 aliphatic heterocycles. The van der Waals surface area contributed by atoms with Gasteiger partial charge in [-0.05, 0) is 17.7 Å². The number of rotatable bonds is 2. The van der Waals surface area contributed by atoms with Gasteiger partial charge in [-0.3, -0.25) is 4.79 Å². The Bertz CT molecular complexity index is 537. The molecule has 90 valence electrons. The highest BCUT2D eigenvalue weighted by atomic mass is 16.2. The Morgan fingerprint density at radius 1 is 1.47 bits per heavy atom. The summed E-state index contributed by atoms with van der Waals surface area (Å²) in [6.45, 7) is 6.24. The number of nitrogens with zero attached hydrogens (tertiary/aromatic N) is 1. The van der Waals surface area contributed by atoms with Gasteiger partial charge in [0, 0.05) is 29.7 Å². The minimum absolute atomic E-state index is 0.0516. The van der Waals surface area contributed by atoms with E-state index in [1.165, 1.54) is 0 Å². The largest absolute Gasteiger partial charge is 0.351 e. The molecule has 0 aliphatic rings. The molecular weight excluding hydrogens is 214 g/mol. The van der Waals surface area contributed by atoms with Crippen LogP contribution in [0.2, 0.25) is 0 Å². The van der Waals surface area contributed by atoms with Gasteiger partial charge >= 0.3 is 0 Å². The van der Waals surface area contributed by atoms with E-state index in [1.54, 1.807) is 6.20 Å². The molecule has 0 unspecified atom stereocenters. The number of hydrogen-bond acceptors (Lipinski definition) is 2. The SMILES string of the molecule is CC(C)(C)C(=O)NCc1c[nH]c2ncccc12. The topological polar surface area (TPSA) is 57.8 Å². The normalized spacial score (nSPS) is 11.7. The first kappa shape index (κ1) is 11.6. The first-order valence-corrected chi connectivity index (χ1v) is 5.68. The van der Waals surface area contributed by atoms with Crippen LogP contribution >= 0.6 is 0 Å². The van der Waals surface area contributed by atoms with Crippen molar-refractivity contribution in [3.8, 4) is 0 Å². The number of aromatic amines is 1. The Morgan fingerprint density at radius 3 is 2.94 bits per heavy atom. The van der Waals surface area contributed by atoms with E-state index < -0.39 is 0 Å². The van der Waals surface area contributed by atoms with Crippen LogP contribution in [0.3, 0.4) is 0 Å². The Labute approximate surface area is 100 Å². The molecular formula is C13H17N3O. The molecule has 2 aromatic rings. The van der Waals surface area contributed by atoms with Crippen molar-refractivity contribution in [3.63, 3.8) is 0 Å². The summed E-state index contributed by atoms with van der Waals surface area (Å²) in [7, 11) is 0. The molecule has 1 amide bonds. The van der Waals surface area contributed by atoms with Gasteiger partial charge in [0.05, 0.1) is 0 Å². The number of H-pyrrole nitrogens is 1. The highest BCUT2D eigenvalue weighted by molar-refractivity contribution is 5.83. The fourth-order valence-corrected chi connectivity index (χ4v) is 1.60. The van der Waals surface area contributed by atoms with Crippen molar-refractivity contribution < 1.29 is 4.79 Å². The number of pyridine rings is 1. The van der Waals surface area contributed by atoms with Crippen molar-refractivity contribution in [1.82, 2.24) is 15.3 Å². The zero-order chi connectivity index (χ0) is 12.5. The summed E-state index contributed by atoms with van der Waals surface area (Å²) >= 11 is 0. The molecule has 0 radical (unpaired) electrons. The van der Waals surface area contributed by atoms with Crippen LogP contribution in [-0.4, -0.2) is 15.9 Å². The van der Waals surface area contributed by atoms with Gasteiger partial charge in [0.2, 0.25) is 5.91 Å². The summed E-state index contributed by atoms with van der Waals surface area (Å²) in [5.41, 5.74) is 1.56. The monoisotopic (exact) mass is 231 g/mol. The molecule has 0 spiro atoms. The lowest BCUT2D eigenvalue weighted by Gasteiger charge is -2.17. The molecule has 0 aromatic carbocycles. The quantitative estimate of drug-likeness (QED) is 0.832. The lowest BCUT2D eigenvalue weighted by molar-refractivity contribution is -0.128. The van der Waals surface area contributed by atoms with Crippen molar-refractivity contribution >= 4 is 16.9 Å². The number of carbonyl (C=O) groups is 1. The van der Waals surface area contributed by atoms with E-state index >= 15 is 0 Å². The Balaban J connectivity index is 2.12. The van der Waals surface area contributed by atoms with Gasteiger partial charge in [-0.1, -0.05) is 20.8 Å². The number of hydrogen-bond donors (Lipinski definition) is 2. The van der Waals surface area contributed by atoms with Crippen molar-refractivity contribution in [2.24, 2.45) is 5.41 Å². The fraction of sp³-hybridized carbons (Fsp3) is 0.385. The van der Waals surface area contributed by atoms with E-state index in [1.807, 2.05) is 39.1 Å². The van der Waals surface area contributed by atoms with E-state index in [9.17, 15) is 4.79 Å². The molecule has 4 heteroatoms. The van der Waals surface area contributed by atoms with Gasteiger partial charge < -0.3 is 10.3 Å². The fourth-order valence-electron chi connectivity index (χ4n) is 1.60. The van der Waals surface area contributed by atoms with Gasteiger partial charge in [0.15, 0.2) is 0 Å². The molecule has 2 aromatic heterocycles. The lowest BCUT2D eigenvalue weighted by atomic mass is 9.95. The van der Waals surface area contributed by atoms with Crippen LogP contribution < -0.4 is 5.32 Å². The van der Waals surface area contributed by atoms with Gasteiger partial charge in [-0.15, -0.1) is 0 Å². The highest BCUT2D eigenvalue weighted by Crippen LogP contribution is 2.17. The smallest absolute Gasteiger partial charge is 0.225 e. The second-order valence-corrected chi connectivity index (χ2v) is 5.15. The molecule has 0 aliphatic carbocycles. The maximum absolute atomic E-state index is 11.8. The molecule has 2 rings (SSSR count). The van der Waals surface area contributed by atoms with Crippen LogP contribution in [0.5, 0.6) is 0 Å². The van der Waals surface area contributed by atoms with Crippen LogP contribution in [0.15, 0.2) is 24.5 Å². The summed E-state index contributed by atoms with van der Waals surface area (Å²) in [6.07, 6.45) is 3.64. The average Bonchev–Trinajstić information content (AvgIpc) is 2.68. The molecule has 0 bridgehead atoms. The highest BCUT2D eigenvalue weighted by Gasteiger charge is 2.20. The average molecular weight is 231 g/mol. The minimum atomic E-state index is -0.357. The lowest BCUT2D eigenvalue weighted by Crippen LogP contribution is -2.34. The summed E-state index contributed by atoms with van der Waals surface area (Å²) < 4.78 is 0. The number of fused-ring (bicyclic) bond motifs is 1. The summed E-state index contributed by atoms with van der Waals surface area (Å²) in [5.74, 6) is 0.0516. The zero-order valence-corrected chi connectivity index (χ0v) is 10.4. The van der Waals surface area contributed by atoms with Crippen LogP contribution in [0, 0.1) is 5.41 Å². The Morgan fingerprint density at radius 2 is 2.24 bits per heavy atom. The Hall–Kier alpha value is -1.84. The van der Waals surface area contributed by atoms with Gasteiger partial charge in [-0.2, -0.15) is 0 Å². The number of carbonyl (C=O) groups excluding carboxylic acids is 1. The first-order valence-electron chi connectivity index (χ1n) is 5.68. The predicted octanol–water partition coefficient (Wildman–Crippen LogP) is 2.23. The summed E-state index contributed by atoms with van der Waals surface area (Å²) in [5, 5.41) is 3.99. The maximum Gasteiger partial charge on any atom is 0.225 e. The van der Waals surface area contributed by atoms with E-state index in [2.05, 4.69) is 15.3 Å².